The fraction of sp³-hybridized carbons (Fsp3) is 0.316. The van der Waals surface area contributed by atoms with Crippen LogP contribution in [0, 0.1) is 5.92 Å². The third-order valence-corrected chi connectivity index (χ3v) is 4.27. The highest BCUT2D eigenvalue weighted by atomic mass is 16.1. The lowest BCUT2D eigenvalue weighted by atomic mass is 9.89. The number of carbonyl (C=O) groups is 1. The molecule has 108 valence electrons. The molecule has 0 saturated carbocycles. The predicted molar refractivity (Wildman–Crippen MR) is 85.2 cm³/mol. The molecule has 0 spiro atoms. The monoisotopic (exact) mass is 279 g/mol. The Morgan fingerprint density at radius 3 is 2.10 bits per heavy atom. The summed E-state index contributed by atoms with van der Waals surface area (Å²) in [7, 11) is 0. The summed E-state index contributed by atoms with van der Waals surface area (Å²) in [5, 5.41) is 0. The average molecular weight is 279 g/mol. The number of rotatable bonds is 4. The molecule has 2 aromatic carbocycles. The quantitative estimate of drug-likeness (QED) is 0.794. The van der Waals surface area contributed by atoms with Crippen LogP contribution in [-0.2, 0) is 6.54 Å². The van der Waals surface area contributed by atoms with Crippen LogP contribution in [0.5, 0.6) is 0 Å². The van der Waals surface area contributed by atoms with Crippen LogP contribution in [0.15, 0.2) is 60.7 Å². The lowest BCUT2D eigenvalue weighted by Crippen LogP contribution is -2.35. The van der Waals surface area contributed by atoms with Gasteiger partial charge in [0.25, 0.3) is 0 Å². The molecule has 0 N–H and O–H groups in total. The Morgan fingerprint density at radius 2 is 1.48 bits per heavy atom. The van der Waals surface area contributed by atoms with Crippen molar-refractivity contribution in [3.63, 3.8) is 0 Å². The number of hydrogen-bond donors (Lipinski definition) is 0. The number of piperidine rings is 1. The van der Waals surface area contributed by atoms with E-state index in [0.29, 0.717) is 5.78 Å². The van der Waals surface area contributed by atoms with Gasteiger partial charge >= 0.3 is 0 Å². The lowest BCUT2D eigenvalue weighted by Gasteiger charge is -2.31. The first-order chi connectivity index (χ1) is 10.3. The highest BCUT2D eigenvalue weighted by molar-refractivity contribution is 5.97. The van der Waals surface area contributed by atoms with E-state index < -0.39 is 0 Å². The van der Waals surface area contributed by atoms with Gasteiger partial charge in [-0.1, -0.05) is 60.7 Å². The average Bonchev–Trinajstić information content (AvgIpc) is 2.57. The van der Waals surface area contributed by atoms with Crippen LogP contribution in [0.25, 0.3) is 0 Å². The minimum absolute atomic E-state index is 0.194. The predicted octanol–water partition coefficient (Wildman–Crippen LogP) is 3.78. The van der Waals surface area contributed by atoms with Gasteiger partial charge in [0.1, 0.15) is 0 Å². The first-order valence-electron chi connectivity index (χ1n) is 7.68. The van der Waals surface area contributed by atoms with E-state index in [1.54, 1.807) is 0 Å². The number of ketones is 1. The molecular formula is C19H21NO. The van der Waals surface area contributed by atoms with Crippen molar-refractivity contribution in [3.05, 3.63) is 71.8 Å². The van der Waals surface area contributed by atoms with Crippen molar-refractivity contribution in [2.45, 2.75) is 19.4 Å². The SMILES string of the molecule is O=C(c1ccccc1)C1CCN(Cc2ccccc2)CC1. The lowest BCUT2D eigenvalue weighted by molar-refractivity contribution is 0.0835. The van der Waals surface area contributed by atoms with Crippen LogP contribution in [0.1, 0.15) is 28.8 Å². The zero-order valence-electron chi connectivity index (χ0n) is 12.2. The van der Waals surface area contributed by atoms with Gasteiger partial charge in [-0.05, 0) is 31.5 Å². The number of carbonyl (C=O) groups excluding carboxylic acids is 1. The van der Waals surface area contributed by atoms with Crippen molar-refractivity contribution in [1.29, 1.82) is 0 Å². The van der Waals surface area contributed by atoms with Gasteiger partial charge < -0.3 is 0 Å². The Labute approximate surface area is 126 Å². The number of likely N-dealkylation sites (tertiary alicyclic amines) is 1. The van der Waals surface area contributed by atoms with Crippen molar-refractivity contribution in [2.24, 2.45) is 5.92 Å². The van der Waals surface area contributed by atoms with E-state index in [9.17, 15) is 4.79 Å². The summed E-state index contributed by atoms with van der Waals surface area (Å²) in [5.74, 6) is 0.509. The molecule has 1 saturated heterocycles. The smallest absolute Gasteiger partial charge is 0.166 e. The minimum Gasteiger partial charge on any atom is -0.299 e. The fourth-order valence-corrected chi connectivity index (χ4v) is 3.03. The maximum absolute atomic E-state index is 12.4. The van der Waals surface area contributed by atoms with Crippen molar-refractivity contribution >= 4 is 5.78 Å². The van der Waals surface area contributed by atoms with Crippen LogP contribution in [0.4, 0.5) is 0 Å². The molecule has 2 aromatic rings. The van der Waals surface area contributed by atoms with E-state index in [1.165, 1.54) is 5.56 Å². The molecule has 0 radical (unpaired) electrons. The Balaban J connectivity index is 1.54. The normalized spacial score (nSPS) is 16.8. The largest absolute Gasteiger partial charge is 0.299 e. The molecular weight excluding hydrogens is 258 g/mol. The zero-order chi connectivity index (χ0) is 14.5. The second kappa shape index (κ2) is 6.68. The van der Waals surface area contributed by atoms with Gasteiger partial charge in [-0.3, -0.25) is 9.69 Å². The van der Waals surface area contributed by atoms with Crippen LogP contribution in [0.3, 0.4) is 0 Å². The van der Waals surface area contributed by atoms with Gasteiger partial charge in [0.05, 0.1) is 0 Å². The molecule has 1 aliphatic heterocycles. The van der Waals surface area contributed by atoms with Crippen LogP contribution in [-0.4, -0.2) is 23.8 Å². The summed E-state index contributed by atoms with van der Waals surface area (Å²) in [6.45, 7) is 3.02. The van der Waals surface area contributed by atoms with Crippen LogP contribution >= 0.6 is 0 Å². The fourth-order valence-electron chi connectivity index (χ4n) is 3.03. The standard InChI is InChI=1S/C19H21NO/c21-19(17-9-5-2-6-10-17)18-11-13-20(14-12-18)15-16-7-3-1-4-8-16/h1-10,18H,11-15H2. The summed E-state index contributed by atoms with van der Waals surface area (Å²) in [6.07, 6.45) is 1.95. The molecule has 1 aliphatic rings. The maximum atomic E-state index is 12.4. The molecule has 1 heterocycles. The van der Waals surface area contributed by atoms with E-state index in [0.717, 1.165) is 38.0 Å². The Bertz CT molecular complexity index is 571. The molecule has 0 aromatic heterocycles. The van der Waals surface area contributed by atoms with Crippen LogP contribution < -0.4 is 0 Å². The Hall–Kier alpha value is -1.93. The molecule has 21 heavy (non-hydrogen) atoms. The van der Waals surface area contributed by atoms with E-state index >= 15 is 0 Å². The second-order valence-electron chi connectivity index (χ2n) is 5.77. The summed E-state index contributed by atoms with van der Waals surface area (Å²) >= 11 is 0. The molecule has 2 heteroatoms. The summed E-state index contributed by atoms with van der Waals surface area (Å²) in [4.78, 5) is 14.9. The van der Waals surface area contributed by atoms with Crippen molar-refractivity contribution < 1.29 is 4.79 Å². The van der Waals surface area contributed by atoms with Crippen molar-refractivity contribution in [3.8, 4) is 0 Å². The molecule has 0 bridgehead atoms. The van der Waals surface area contributed by atoms with Crippen molar-refractivity contribution in [1.82, 2.24) is 4.90 Å². The third-order valence-electron chi connectivity index (χ3n) is 4.27. The molecule has 0 aliphatic carbocycles. The van der Waals surface area contributed by atoms with E-state index in [1.807, 2.05) is 36.4 Å². The molecule has 0 atom stereocenters. The molecule has 0 amide bonds. The summed E-state index contributed by atoms with van der Waals surface area (Å²) in [6, 6.07) is 20.3. The van der Waals surface area contributed by atoms with Gasteiger partial charge in [-0.15, -0.1) is 0 Å². The van der Waals surface area contributed by atoms with E-state index in [-0.39, 0.29) is 5.92 Å². The molecule has 3 rings (SSSR count). The summed E-state index contributed by atoms with van der Waals surface area (Å²) < 4.78 is 0. The van der Waals surface area contributed by atoms with Gasteiger partial charge in [-0.25, -0.2) is 0 Å². The van der Waals surface area contributed by atoms with Gasteiger partial charge in [0.2, 0.25) is 0 Å². The highest BCUT2D eigenvalue weighted by Gasteiger charge is 2.25. The third kappa shape index (κ3) is 3.59. The molecule has 2 nitrogen and oxygen atoms in total. The van der Waals surface area contributed by atoms with Gasteiger partial charge in [0, 0.05) is 18.0 Å². The zero-order valence-corrected chi connectivity index (χ0v) is 12.2. The van der Waals surface area contributed by atoms with E-state index in [4.69, 9.17) is 0 Å². The first-order valence-corrected chi connectivity index (χ1v) is 7.68. The topological polar surface area (TPSA) is 20.3 Å². The van der Waals surface area contributed by atoms with Gasteiger partial charge in [-0.2, -0.15) is 0 Å². The minimum atomic E-state index is 0.194. The van der Waals surface area contributed by atoms with Crippen molar-refractivity contribution in [2.75, 3.05) is 13.1 Å². The molecule has 1 fully saturated rings. The number of nitrogens with zero attached hydrogens (tertiary/aromatic N) is 1. The molecule has 0 unspecified atom stereocenters. The maximum Gasteiger partial charge on any atom is 0.166 e. The van der Waals surface area contributed by atoms with E-state index in [2.05, 4.69) is 29.2 Å². The number of Topliss-reactive ketones (excluding diaryl/α,β-unsaturated/α-hetero) is 1. The summed E-state index contributed by atoms with van der Waals surface area (Å²) in [5.41, 5.74) is 2.21. The Morgan fingerprint density at radius 1 is 0.905 bits per heavy atom. The first kappa shape index (κ1) is 14.0. The number of hydrogen-bond acceptors (Lipinski definition) is 2. The number of benzene rings is 2. The van der Waals surface area contributed by atoms with Gasteiger partial charge in [0.15, 0.2) is 5.78 Å². The Kier molecular flexibility index (Phi) is 4.46. The highest BCUT2D eigenvalue weighted by Crippen LogP contribution is 2.22. The van der Waals surface area contributed by atoms with Crippen LogP contribution in [0.2, 0.25) is 0 Å². The second-order valence-corrected chi connectivity index (χ2v) is 5.77.